The number of amides is 2. The van der Waals surface area contributed by atoms with Gasteiger partial charge in [0.15, 0.2) is 11.5 Å². The summed E-state index contributed by atoms with van der Waals surface area (Å²) in [5.74, 6) is 1.49. The van der Waals surface area contributed by atoms with Crippen molar-refractivity contribution in [3.05, 3.63) is 52.8 Å². The van der Waals surface area contributed by atoms with Crippen LogP contribution in [0, 0.1) is 5.82 Å². The first-order chi connectivity index (χ1) is 12.5. The number of hydrogen-bond donors (Lipinski definition) is 1. The Kier molecular flexibility index (Phi) is 5.78. The van der Waals surface area contributed by atoms with Gasteiger partial charge in [0, 0.05) is 23.5 Å². The predicted octanol–water partition coefficient (Wildman–Crippen LogP) is 4.78. The minimum atomic E-state index is -0.527. The summed E-state index contributed by atoms with van der Waals surface area (Å²) in [5, 5.41) is 2.52. The van der Waals surface area contributed by atoms with Gasteiger partial charge in [-0.15, -0.1) is 11.8 Å². The molecule has 0 spiro atoms. The quantitative estimate of drug-likeness (QED) is 0.808. The number of nitrogens with one attached hydrogen (secondary N) is 1. The first kappa shape index (κ1) is 18.7. The number of nitrogens with zero attached hydrogens (tertiary/aromatic N) is 1. The summed E-state index contributed by atoms with van der Waals surface area (Å²) >= 11 is 7.42. The molecular weight excluding hydrogens is 379 g/mol. The van der Waals surface area contributed by atoms with E-state index in [1.165, 1.54) is 18.2 Å². The number of ether oxygens (including phenoxy) is 2. The van der Waals surface area contributed by atoms with Crippen LogP contribution in [-0.4, -0.2) is 37.4 Å². The molecule has 2 amide bonds. The van der Waals surface area contributed by atoms with E-state index in [1.807, 2.05) is 18.2 Å². The Bertz CT molecular complexity index is 821. The predicted molar refractivity (Wildman–Crippen MR) is 102 cm³/mol. The van der Waals surface area contributed by atoms with Gasteiger partial charge in [0.25, 0.3) is 0 Å². The molecule has 2 aromatic rings. The van der Waals surface area contributed by atoms with Crippen molar-refractivity contribution in [2.24, 2.45) is 0 Å². The van der Waals surface area contributed by atoms with E-state index in [0.717, 1.165) is 11.3 Å². The minimum absolute atomic E-state index is 0.0374. The lowest BCUT2D eigenvalue weighted by molar-refractivity contribution is 0.213. The number of rotatable bonds is 4. The van der Waals surface area contributed by atoms with E-state index < -0.39 is 5.82 Å². The van der Waals surface area contributed by atoms with Crippen LogP contribution >= 0.6 is 23.4 Å². The number of anilines is 1. The summed E-state index contributed by atoms with van der Waals surface area (Å²) < 4.78 is 24.1. The zero-order valence-electron chi connectivity index (χ0n) is 14.3. The van der Waals surface area contributed by atoms with Crippen LogP contribution in [0.4, 0.5) is 14.9 Å². The van der Waals surface area contributed by atoms with Gasteiger partial charge in [-0.3, -0.25) is 0 Å². The third-order valence-electron chi connectivity index (χ3n) is 4.02. The summed E-state index contributed by atoms with van der Waals surface area (Å²) in [4.78, 5) is 14.4. The second-order valence-electron chi connectivity index (χ2n) is 5.56. The maximum absolute atomic E-state index is 13.3. The number of methoxy groups -OCH3 is 2. The second kappa shape index (κ2) is 8.05. The van der Waals surface area contributed by atoms with Gasteiger partial charge in [-0.05, 0) is 24.3 Å². The zero-order valence-corrected chi connectivity index (χ0v) is 15.9. The van der Waals surface area contributed by atoms with Crippen LogP contribution in [0.5, 0.6) is 11.5 Å². The van der Waals surface area contributed by atoms with Crippen molar-refractivity contribution in [1.82, 2.24) is 4.90 Å². The van der Waals surface area contributed by atoms with Crippen LogP contribution in [0.1, 0.15) is 10.9 Å². The second-order valence-corrected chi connectivity index (χ2v) is 7.15. The molecule has 1 heterocycles. The van der Waals surface area contributed by atoms with Crippen LogP contribution in [-0.2, 0) is 0 Å². The fourth-order valence-corrected chi connectivity index (χ4v) is 4.26. The Morgan fingerprint density at radius 1 is 1.31 bits per heavy atom. The molecule has 0 aliphatic carbocycles. The zero-order chi connectivity index (χ0) is 18.7. The Hall–Kier alpha value is -2.12. The van der Waals surface area contributed by atoms with E-state index in [1.54, 1.807) is 30.9 Å². The van der Waals surface area contributed by atoms with E-state index in [2.05, 4.69) is 5.32 Å². The van der Waals surface area contributed by atoms with Crippen LogP contribution in [0.3, 0.4) is 0 Å². The van der Waals surface area contributed by atoms with E-state index >= 15 is 0 Å². The van der Waals surface area contributed by atoms with Crippen molar-refractivity contribution < 1.29 is 18.7 Å². The van der Waals surface area contributed by atoms with Crippen molar-refractivity contribution >= 4 is 35.1 Å². The smallest absolute Gasteiger partial charge is 0.323 e. The van der Waals surface area contributed by atoms with Gasteiger partial charge < -0.3 is 19.7 Å². The molecule has 1 N–H and O–H groups in total. The highest BCUT2D eigenvalue weighted by atomic mass is 35.5. The minimum Gasteiger partial charge on any atom is -0.493 e. The summed E-state index contributed by atoms with van der Waals surface area (Å²) in [6.45, 7) is 0.580. The molecule has 1 aliphatic heterocycles. The van der Waals surface area contributed by atoms with Gasteiger partial charge in [-0.1, -0.05) is 23.7 Å². The normalized spacial score (nSPS) is 16.5. The number of hydrogen-bond acceptors (Lipinski definition) is 4. The van der Waals surface area contributed by atoms with Gasteiger partial charge in [0.05, 0.1) is 19.2 Å². The number of thioether (sulfide) groups is 1. The molecule has 0 radical (unpaired) electrons. The van der Waals surface area contributed by atoms with Crippen molar-refractivity contribution in [2.75, 3.05) is 31.8 Å². The Balaban J connectivity index is 1.84. The first-order valence-corrected chi connectivity index (χ1v) is 9.33. The molecule has 1 saturated heterocycles. The van der Waals surface area contributed by atoms with Crippen molar-refractivity contribution in [2.45, 2.75) is 5.37 Å². The van der Waals surface area contributed by atoms with Crippen molar-refractivity contribution in [1.29, 1.82) is 0 Å². The average Bonchev–Trinajstić information content (AvgIpc) is 3.13. The van der Waals surface area contributed by atoms with E-state index in [4.69, 9.17) is 21.1 Å². The number of carbonyl (C=O) groups is 1. The Labute approximate surface area is 160 Å². The third-order valence-corrected chi connectivity index (χ3v) is 5.55. The lowest BCUT2D eigenvalue weighted by Crippen LogP contribution is -2.34. The number of halogens is 2. The highest BCUT2D eigenvalue weighted by Gasteiger charge is 2.33. The molecular formula is C18H18ClFN2O3S. The fourth-order valence-electron chi connectivity index (χ4n) is 2.81. The summed E-state index contributed by atoms with van der Waals surface area (Å²) in [6.07, 6.45) is 0. The highest BCUT2D eigenvalue weighted by Crippen LogP contribution is 2.45. The molecule has 1 aliphatic rings. The van der Waals surface area contributed by atoms with E-state index in [-0.39, 0.29) is 16.4 Å². The van der Waals surface area contributed by atoms with Crippen LogP contribution in [0.15, 0.2) is 36.4 Å². The maximum Gasteiger partial charge on any atom is 0.323 e. The molecule has 26 heavy (non-hydrogen) atoms. The molecule has 8 heteroatoms. The topological polar surface area (TPSA) is 50.8 Å². The molecule has 1 atom stereocenters. The molecule has 5 nitrogen and oxygen atoms in total. The average molecular weight is 397 g/mol. The summed E-state index contributed by atoms with van der Waals surface area (Å²) in [6, 6.07) is 9.40. The number of benzene rings is 2. The molecule has 1 unspecified atom stereocenters. The number of carbonyl (C=O) groups excluding carboxylic acids is 1. The van der Waals surface area contributed by atoms with Gasteiger partial charge in [-0.2, -0.15) is 0 Å². The SMILES string of the molecule is COc1cccc(C2SCCN2C(=O)Nc2ccc(F)c(Cl)c2)c1OC. The molecule has 0 saturated carbocycles. The Morgan fingerprint density at radius 3 is 2.81 bits per heavy atom. The van der Waals surface area contributed by atoms with Crippen molar-refractivity contribution in [3.63, 3.8) is 0 Å². The van der Waals surface area contributed by atoms with Gasteiger partial charge in [-0.25, -0.2) is 9.18 Å². The van der Waals surface area contributed by atoms with Crippen LogP contribution < -0.4 is 14.8 Å². The number of para-hydroxylation sites is 1. The molecule has 3 rings (SSSR count). The monoisotopic (exact) mass is 396 g/mol. The van der Waals surface area contributed by atoms with E-state index in [0.29, 0.717) is 23.7 Å². The van der Waals surface area contributed by atoms with Gasteiger partial charge in [0.1, 0.15) is 11.2 Å². The lowest BCUT2D eigenvalue weighted by Gasteiger charge is -2.26. The molecule has 2 aromatic carbocycles. The van der Waals surface area contributed by atoms with Crippen LogP contribution in [0.25, 0.3) is 0 Å². The number of urea groups is 1. The van der Waals surface area contributed by atoms with Gasteiger partial charge >= 0.3 is 6.03 Å². The molecule has 138 valence electrons. The fraction of sp³-hybridized carbons (Fsp3) is 0.278. The lowest BCUT2D eigenvalue weighted by atomic mass is 10.1. The largest absolute Gasteiger partial charge is 0.493 e. The standard InChI is InChI=1S/C18H18ClFN2O3S/c1-24-15-5-3-4-12(16(15)25-2)17-22(8-9-26-17)18(23)21-11-6-7-14(20)13(19)10-11/h3-7,10,17H,8-9H2,1-2H3,(H,21,23). The summed E-state index contributed by atoms with van der Waals surface area (Å²) in [7, 11) is 3.15. The molecule has 0 aromatic heterocycles. The molecule has 0 bridgehead atoms. The first-order valence-electron chi connectivity index (χ1n) is 7.90. The Morgan fingerprint density at radius 2 is 2.12 bits per heavy atom. The third kappa shape index (κ3) is 3.68. The van der Waals surface area contributed by atoms with Gasteiger partial charge in [0.2, 0.25) is 0 Å². The summed E-state index contributed by atoms with van der Waals surface area (Å²) in [5.41, 5.74) is 1.30. The molecule has 1 fully saturated rings. The maximum atomic E-state index is 13.3. The van der Waals surface area contributed by atoms with Crippen molar-refractivity contribution in [3.8, 4) is 11.5 Å². The van der Waals surface area contributed by atoms with E-state index in [9.17, 15) is 9.18 Å². The van der Waals surface area contributed by atoms with Crippen LogP contribution in [0.2, 0.25) is 5.02 Å². The highest BCUT2D eigenvalue weighted by molar-refractivity contribution is 7.99.